The Morgan fingerprint density at radius 1 is 1.20 bits per heavy atom. The minimum Gasteiger partial charge on any atom is -0.492 e. The van der Waals surface area contributed by atoms with Crippen molar-refractivity contribution in [3.8, 4) is 5.75 Å². The molecule has 112 valence electrons. The fourth-order valence-electron chi connectivity index (χ4n) is 1.47. The monoisotopic (exact) mass is 299 g/mol. The molecule has 0 saturated heterocycles. The molecule has 0 heterocycles. The van der Waals surface area contributed by atoms with Crippen LogP contribution in [0.4, 0.5) is 0 Å². The Balaban J connectivity index is 2.02. The van der Waals surface area contributed by atoms with Gasteiger partial charge in [-0.2, -0.15) is 11.8 Å². The van der Waals surface area contributed by atoms with Crippen molar-refractivity contribution in [2.45, 2.75) is 6.42 Å². The molecule has 0 spiro atoms. The van der Waals surface area contributed by atoms with E-state index in [1.54, 1.807) is 12.1 Å². The SMILES string of the molecule is O=C(O)c1ccc(OCCNCCSCCCO)cc1. The van der Waals surface area contributed by atoms with Gasteiger partial charge in [0.1, 0.15) is 12.4 Å². The molecule has 0 amide bonds. The average molecular weight is 299 g/mol. The summed E-state index contributed by atoms with van der Waals surface area (Å²) in [5.74, 6) is 1.75. The number of carboxylic acid groups (broad SMARTS) is 1. The number of thioether (sulfide) groups is 1. The van der Waals surface area contributed by atoms with Crippen LogP contribution in [0.5, 0.6) is 5.75 Å². The number of aliphatic hydroxyl groups is 1. The third-order valence-electron chi connectivity index (χ3n) is 2.52. The van der Waals surface area contributed by atoms with Gasteiger partial charge in [0, 0.05) is 25.4 Å². The first-order valence-corrected chi connectivity index (χ1v) is 7.75. The predicted octanol–water partition coefficient (Wildman–Crippen LogP) is 1.47. The van der Waals surface area contributed by atoms with Gasteiger partial charge in [-0.05, 0) is 36.4 Å². The van der Waals surface area contributed by atoms with Crippen LogP contribution in [0.1, 0.15) is 16.8 Å². The largest absolute Gasteiger partial charge is 0.492 e. The summed E-state index contributed by atoms with van der Waals surface area (Å²) in [6.07, 6.45) is 0.847. The van der Waals surface area contributed by atoms with Crippen molar-refractivity contribution in [3.05, 3.63) is 29.8 Å². The van der Waals surface area contributed by atoms with Crippen molar-refractivity contribution < 1.29 is 19.7 Å². The second-order valence-electron chi connectivity index (χ2n) is 4.12. The maximum absolute atomic E-state index is 10.7. The van der Waals surface area contributed by atoms with Gasteiger partial charge in [-0.3, -0.25) is 0 Å². The van der Waals surface area contributed by atoms with Gasteiger partial charge >= 0.3 is 5.97 Å². The first kappa shape index (κ1) is 16.8. The summed E-state index contributed by atoms with van der Waals surface area (Å²) in [5, 5.41) is 20.6. The molecule has 0 radical (unpaired) electrons. The molecule has 6 heteroatoms. The molecule has 0 atom stereocenters. The number of benzene rings is 1. The molecule has 0 saturated carbocycles. The van der Waals surface area contributed by atoms with Gasteiger partial charge in [0.2, 0.25) is 0 Å². The van der Waals surface area contributed by atoms with E-state index < -0.39 is 5.97 Å². The summed E-state index contributed by atoms with van der Waals surface area (Å²) >= 11 is 1.82. The molecule has 20 heavy (non-hydrogen) atoms. The maximum Gasteiger partial charge on any atom is 0.335 e. The molecule has 1 aromatic carbocycles. The molecule has 1 rings (SSSR count). The maximum atomic E-state index is 10.7. The minimum absolute atomic E-state index is 0.259. The Morgan fingerprint density at radius 2 is 1.95 bits per heavy atom. The zero-order valence-electron chi connectivity index (χ0n) is 11.4. The third-order valence-corrected chi connectivity index (χ3v) is 3.59. The molecule has 0 bridgehead atoms. The number of aromatic carboxylic acids is 1. The number of rotatable bonds is 11. The Morgan fingerprint density at radius 3 is 2.60 bits per heavy atom. The summed E-state index contributed by atoms with van der Waals surface area (Å²) < 4.78 is 5.49. The number of hydrogen-bond acceptors (Lipinski definition) is 5. The van der Waals surface area contributed by atoms with Crippen LogP contribution in [0.25, 0.3) is 0 Å². The number of hydrogen-bond donors (Lipinski definition) is 3. The van der Waals surface area contributed by atoms with E-state index in [1.165, 1.54) is 12.1 Å². The second kappa shape index (κ2) is 10.5. The van der Waals surface area contributed by atoms with E-state index >= 15 is 0 Å². The molecule has 0 aromatic heterocycles. The number of carboxylic acids is 1. The second-order valence-corrected chi connectivity index (χ2v) is 5.34. The van der Waals surface area contributed by atoms with Gasteiger partial charge in [-0.15, -0.1) is 0 Å². The number of ether oxygens (including phenoxy) is 1. The summed E-state index contributed by atoms with van der Waals surface area (Å²) in [5.41, 5.74) is 0.260. The number of aliphatic hydroxyl groups excluding tert-OH is 1. The van der Waals surface area contributed by atoms with Crippen molar-refractivity contribution in [2.24, 2.45) is 0 Å². The third kappa shape index (κ3) is 7.37. The van der Waals surface area contributed by atoms with E-state index in [2.05, 4.69) is 5.32 Å². The summed E-state index contributed by atoms with van der Waals surface area (Å²) in [6, 6.07) is 6.38. The highest BCUT2D eigenvalue weighted by atomic mass is 32.2. The van der Waals surface area contributed by atoms with Crippen molar-refractivity contribution in [2.75, 3.05) is 37.8 Å². The highest BCUT2D eigenvalue weighted by Crippen LogP contribution is 2.11. The summed E-state index contributed by atoms with van der Waals surface area (Å²) in [6.45, 7) is 2.47. The van der Waals surface area contributed by atoms with E-state index in [0.717, 1.165) is 31.0 Å². The van der Waals surface area contributed by atoms with Crippen LogP contribution in [0.2, 0.25) is 0 Å². The van der Waals surface area contributed by atoms with E-state index in [1.807, 2.05) is 11.8 Å². The first-order chi connectivity index (χ1) is 9.74. The van der Waals surface area contributed by atoms with Gasteiger partial charge in [-0.25, -0.2) is 4.79 Å². The van der Waals surface area contributed by atoms with Gasteiger partial charge in [0.15, 0.2) is 0 Å². The molecule has 0 aliphatic rings. The summed E-state index contributed by atoms with van der Waals surface area (Å²) in [7, 11) is 0. The van der Waals surface area contributed by atoms with E-state index in [4.69, 9.17) is 14.9 Å². The first-order valence-electron chi connectivity index (χ1n) is 6.59. The fraction of sp³-hybridized carbons (Fsp3) is 0.500. The van der Waals surface area contributed by atoms with Crippen molar-refractivity contribution in [1.82, 2.24) is 5.32 Å². The van der Waals surface area contributed by atoms with Crippen LogP contribution in [0.3, 0.4) is 0 Å². The molecular formula is C14H21NO4S. The molecule has 0 unspecified atom stereocenters. The fourth-order valence-corrected chi connectivity index (χ4v) is 2.30. The quantitative estimate of drug-likeness (QED) is 0.537. The van der Waals surface area contributed by atoms with Gasteiger partial charge in [0.05, 0.1) is 5.56 Å². The van der Waals surface area contributed by atoms with Crippen molar-refractivity contribution >= 4 is 17.7 Å². The van der Waals surface area contributed by atoms with Crippen LogP contribution < -0.4 is 10.1 Å². The van der Waals surface area contributed by atoms with E-state index in [9.17, 15) is 4.79 Å². The molecule has 5 nitrogen and oxygen atoms in total. The van der Waals surface area contributed by atoms with E-state index in [-0.39, 0.29) is 12.2 Å². The van der Waals surface area contributed by atoms with Crippen LogP contribution in [-0.4, -0.2) is 54.0 Å². The topological polar surface area (TPSA) is 78.8 Å². The van der Waals surface area contributed by atoms with Gasteiger partial charge in [-0.1, -0.05) is 0 Å². The molecule has 0 aliphatic heterocycles. The van der Waals surface area contributed by atoms with Gasteiger partial charge in [0.25, 0.3) is 0 Å². The highest BCUT2D eigenvalue weighted by Gasteiger charge is 2.01. The summed E-state index contributed by atoms with van der Waals surface area (Å²) in [4.78, 5) is 10.7. The normalized spacial score (nSPS) is 10.4. The van der Waals surface area contributed by atoms with Crippen LogP contribution in [0, 0.1) is 0 Å². The van der Waals surface area contributed by atoms with Crippen LogP contribution >= 0.6 is 11.8 Å². The molecular weight excluding hydrogens is 278 g/mol. The number of nitrogens with one attached hydrogen (secondary N) is 1. The molecule has 1 aromatic rings. The molecule has 0 aliphatic carbocycles. The lowest BCUT2D eigenvalue weighted by Crippen LogP contribution is -2.23. The Kier molecular flexibility index (Phi) is 8.86. The predicted molar refractivity (Wildman–Crippen MR) is 80.8 cm³/mol. The van der Waals surface area contributed by atoms with Crippen molar-refractivity contribution in [3.63, 3.8) is 0 Å². The van der Waals surface area contributed by atoms with Crippen LogP contribution in [-0.2, 0) is 0 Å². The minimum atomic E-state index is -0.933. The smallest absolute Gasteiger partial charge is 0.335 e. The zero-order valence-corrected chi connectivity index (χ0v) is 12.2. The molecule has 3 N–H and O–H groups in total. The van der Waals surface area contributed by atoms with E-state index in [0.29, 0.717) is 12.4 Å². The lowest BCUT2D eigenvalue weighted by molar-refractivity contribution is 0.0697. The van der Waals surface area contributed by atoms with Crippen LogP contribution in [0.15, 0.2) is 24.3 Å². The lowest BCUT2D eigenvalue weighted by atomic mass is 10.2. The standard InChI is InChI=1S/C14H21NO4S/c16-8-1-10-20-11-7-15-6-9-19-13-4-2-12(3-5-13)14(17)18/h2-5,15-16H,1,6-11H2,(H,17,18). The average Bonchev–Trinajstić information content (AvgIpc) is 2.46. The highest BCUT2D eigenvalue weighted by molar-refractivity contribution is 7.99. The molecule has 0 fully saturated rings. The van der Waals surface area contributed by atoms with Crippen molar-refractivity contribution in [1.29, 1.82) is 0 Å². The Bertz CT molecular complexity index is 383. The van der Waals surface area contributed by atoms with Gasteiger partial charge < -0.3 is 20.3 Å². The Hall–Kier alpha value is -1.24. The Labute approximate surface area is 123 Å². The zero-order chi connectivity index (χ0) is 14.6. The number of carbonyl (C=O) groups is 1. The lowest BCUT2D eigenvalue weighted by Gasteiger charge is -2.07.